The third kappa shape index (κ3) is 5.06. The van der Waals surface area contributed by atoms with Crippen LogP contribution in [0.1, 0.15) is 80.5 Å². The summed E-state index contributed by atoms with van der Waals surface area (Å²) in [5.74, 6) is -0.452. The van der Waals surface area contributed by atoms with Gasteiger partial charge in [-0.3, -0.25) is 14.5 Å². The van der Waals surface area contributed by atoms with Gasteiger partial charge in [0.2, 0.25) is 5.95 Å². The van der Waals surface area contributed by atoms with Crippen molar-refractivity contribution in [1.29, 1.82) is 0 Å². The molecule has 1 aliphatic rings. The number of aromatic nitrogens is 2. The number of hydrogen-bond donors (Lipinski definition) is 1. The molecule has 0 saturated heterocycles. The van der Waals surface area contributed by atoms with Crippen molar-refractivity contribution in [3.63, 3.8) is 0 Å². The number of hydrogen-bond acceptors (Lipinski definition) is 4. The molecule has 3 rings (SSSR count). The summed E-state index contributed by atoms with van der Waals surface area (Å²) in [4.78, 5) is 21.5. The fourth-order valence-electron chi connectivity index (χ4n) is 3.37. The Kier molecular flexibility index (Phi) is 6.15. The largest absolute Gasteiger partial charge is 0.291 e. The predicted molar refractivity (Wildman–Crippen MR) is 106 cm³/mol. The van der Waals surface area contributed by atoms with Gasteiger partial charge < -0.3 is 0 Å². The minimum Gasteiger partial charge on any atom is -0.291 e. The summed E-state index contributed by atoms with van der Waals surface area (Å²) >= 11 is 1.02. The molecule has 1 fully saturated rings. The lowest BCUT2D eigenvalue weighted by Gasteiger charge is -2.26. The summed E-state index contributed by atoms with van der Waals surface area (Å²) in [5, 5.41) is 0.418. The maximum Gasteiger partial charge on any atom is 0.263 e. The van der Waals surface area contributed by atoms with E-state index >= 15 is 0 Å². The van der Waals surface area contributed by atoms with Crippen molar-refractivity contribution in [2.24, 2.45) is 0 Å². The molecule has 0 aromatic carbocycles. The maximum absolute atomic E-state index is 13.2. The third-order valence-electron chi connectivity index (χ3n) is 4.87. The van der Waals surface area contributed by atoms with E-state index in [-0.39, 0.29) is 11.3 Å². The highest BCUT2D eigenvalue weighted by atomic mass is 32.2. The Morgan fingerprint density at radius 2 is 1.85 bits per heavy atom. The fourth-order valence-corrected chi connectivity index (χ4v) is 3.96. The van der Waals surface area contributed by atoms with Crippen LogP contribution in [0.4, 0.5) is 4.39 Å². The lowest BCUT2D eigenvalue weighted by molar-refractivity contribution is 0.0982. The zero-order valence-corrected chi connectivity index (χ0v) is 16.9. The first-order valence-electron chi connectivity index (χ1n) is 9.46. The molecule has 0 aliphatic heterocycles. The number of nitrogens with one attached hydrogen (secondary N) is 1. The Balaban J connectivity index is 1.84. The Bertz CT molecular complexity index is 813. The first-order chi connectivity index (χ1) is 12.8. The van der Waals surface area contributed by atoms with Gasteiger partial charge in [0.25, 0.3) is 5.91 Å². The fraction of sp³-hybridized carbons (Fsp3) is 0.476. The van der Waals surface area contributed by atoms with Crippen LogP contribution in [0.2, 0.25) is 0 Å². The van der Waals surface area contributed by atoms with E-state index in [1.54, 1.807) is 12.1 Å². The summed E-state index contributed by atoms with van der Waals surface area (Å²) in [6, 6.07) is 8.34. The Hall–Kier alpha value is -1.95. The van der Waals surface area contributed by atoms with E-state index in [2.05, 4.69) is 30.5 Å². The molecule has 2 aromatic heterocycles. The van der Waals surface area contributed by atoms with Crippen LogP contribution in [0, 0.1) is 5.95 Å². The summed E-state index contributed by atoms with van der Waals surface area (Å²) in [6.45, 7) is 6.39. The van der Waals surface area contributed by atoms with Crippen molar-refractivity contribution in [3.05, 3.63) is 53.2 Å². The van der Waals surface area contributed by atoms with E-state index in [4.69, 9.17) is 4.98 Å². The molecule has 2 aromatic rings. The van der Waals surface area contributed by atoms with Crippen LogP contribution in [0.3, 0.4) is 0 Å². The molecule has 1 amide bonds. The minimum atomic E-state index is -0.562. The van der Waals surface area contributed by atoms with Crippen molar-refractivity contribution < 1.29 is 9.18 Å². The number of amides is 1. The molecule has 0 spiro atoms. The number of nitrogens with zero attached hydrogens (tertiary/aromatic N) is 2. The van der Waals surface area contributed by atoms with Gasteiger partial charge in [-0.25, -0.2) is 4.98 Å². The molecule has 144 valence electrons. The minimum absolute atomic E-state index is 0.0708. The normalized spacial score (nSPS) is 15.6. The second-order valence-corrected chi connectivity index (χ2v) is 8.87. The molecular weight excluding hydrogens is 361 g/mol. The zero-order valence-electron chi connectivity index (χ0n) is 16.1. The number of pyridine rings is 2. The lowest BCUT2D eigenvalue weighted by Crippen LogP contribution is -2.23. The molecule has 0 bridgehead atoms. The van der Waals surface area contributed by atoms with Crippen molar-refractivity contribution in [2.75, 3.05) is 0 Å². The smallest absolute Gasteiger partial charge is 0.263 e. The Morgan fingerprint density at radius 3 is 2.52 bits per heavy atom. The first kappa shape index (κ1) is 19.8. The predicted octanol–water partition coefficient (Wildman–Crippen LogP) is 5.40. The molecule has 6 heteroatoms. The molecule has 0 atom stereocenters. The maximum atomic E-state index is 13.2. The van der Waals surface area contributed by atoms with Crippen molar-refractivity contribution in [1.82, 2.24) is 14.7 Å². The van der Waals surface area contributed by atoms with Gasteiger partial charge in [-0.1, -0.05) is 46.1 Å². The Labute approximate surface area is 164 Å². The topological polar surface area (TPSA) is 54.9 Å². The highest BCUT2D eigenvalue weighted by Gasteiger charge is 2.26. The quantitative estimate of drug-likeness (QED) is 0.564. The van der Waals surface area contributed by atoms with Gasteiger partial charge in [0.05, 0.1) is 11.3 Å². The SMILES string of the molecule is CC(C)(C)c1ccc(C(=O)NSc2cccc(F)n2)c(C2CCCCC2)n1. The van der Waals surface area contributed by atoms with Gasteiger partial charge in [0.15, 0.2) is 0 Å². The highest BCUT2D eigenvalue weighted by Crippen LogP contribution is 2.35. The second-order valence-electron chi connectivity index (χ2n) is 8.05. The van der Waals surface area contributed by atoms with Gasteiger partial charge in [-0.05, 0) is 37.1 Å². The molecule has 4 nitrogen and oxygen atoms in total. The van der Waals surface area contributed by atoms with E-state index in [9.17, 15) is 9.18 Å². The summed E-state index contributed by atoms with van der Waals surface area (Å²) in [6.07, 6.45) is 5.74. The van der Waals surface area contributed by atoms with E-state index in [1.807, 2.05) is 12.1 Å². The van der Waals surface area contributed by atoms with Gasteiger partial charge in [0, 0.05) is 29.0 Å². The second kappa shape index (κ2) is 8.38. The summed E-state index contributed by atoms with van der Waals surface area (Å²) in [5.41, 5.74) is 2.43. The van der Waals surface area contributed by atoms with Crippen molar-refractivity contribution >= 4 is 17.9 Å². The number of rotatable bonds is 4. The summed E-state index contributed by atoms with van der Waals surface area (Å²) in [7, 11) is 0. The third-order valence-corrected chi connectivity index (χ3v) is 5.59. The number of carbonyl (C=O) groups excluding carboxylic acids is 1. The van der Waals surface area contributed by atoms with Crippen molar-refractivity contribution in [2.45, 2.75) is 69.2 Å². The van der Waals surface area contributed by atoms with E-state index in [0.717, 1.165) is 36.2 Å². The molecule has 1 aliphatic carbocycles. The van der Waals surface area contributed by atoms with Crippen LogP contribution in [0.25, 0.3) is 0 Å². The standard InChI is InChI=1S/C21H26FN3OS/c1-21(2,3)16-13-12-15(19(23-16)14-8-5-4-6-9-14)20(26)25-27-18-11-7-10-17(22)24-18/h7,10-14H,4-6,8-9H2,1-3H3,(H,25,26). The molecule has 1 saturated carbocycles. The highest BCUT2D eigenvalue weighted by molar-refractivity contribution is 7.97. The van der Waals surface area contributed by atoms with Crippen LogP contribution in [0.15, 0.2) is 35.4 Å². The van der Waals surface area contributed by atoms with Crippen LogP contribution < -0.4 is 4.72 Å². The van der Waals surface area contributed by atoms with Gasteiger partial charge in [0.1, 0.15) is 5.03 Å². The van der Waals surface area contributed by atoms with E-state index in [0.29, 0.717) is 16.5 Å². The molecule has 2 heterocycles. The number of carbonyl (C=O) groups is 1. The molecule has 27 heavy (non-hydrogen) atoms. The Morgan fingerprint density at radius 1 is 1.11 bits per heavy atom. The van der Waals surface area contributed by atoms with Crippen LogP contribution in [-0.4, -0.2) is 15.9 Å². The van der Waals surface area contributed by atoms with E-state index in [1.165, 1.54) is 25.3 Å². The molecule has 1 N–H and O–H groups in total. The zero-order chi connectivity index (χ0) is 19.4. The molecule has 0 unspecified atom stereocenters. The monoisotopic (exact) mass is 387 g/mol. The summed E-state index contributed by atoms with van der Waals surface area (Å²) < 4.78 is 16.0. The van der Waals surface area contributed by atoms with Gasteiger partial charge >= 0.3 is 0 Å². The first-order valence-corrected chi connectivity index (χ1v) is 10.3. The van der Waals surface area contributed by atoms with Crippen LogP contribution in [-0.2, 0) is 5.41 Å². The van der Waals surface area contributed by atoms with Crippen molar-refractivity contribution in [3.8, 4) is 0 Å². The average molecular weight is 388 g/mol. The van der Waals surface area contributed by atoms with E-state index < -0.39 is 5.95 Å². The van der Waals surface area contributed by atoms with Crippen LogP contribution in [0.5, 0.6) is 0 Å². The van der Waals surface area contributed by atoms with Gasteiger partial charge in [-0.2, -0.15) is 4.39 Å². The number of halogens is 1. The average Bonchev–Trinajstić information content (AvgIpc) is 2.66. The molecular formula is C21H26FN3OS. The van der Waals surface area contributed by atoms with Crippen LogP contribution >= 0.6 is 11.9 Å². The lowest BCUT2D eigenvalue weighted by atomic mass is 9.83. The van der Waals surface area contributed by atoms with Gasteiger partial charge in [-0.15, -0.1) is 0 Å². The molecule has 0 radical (unpaired) electrons.